The van der Waals surface area contributed by atoms with Crippen molar-refractivity contribution in [2.24, 2.45) is 5.73 Å². The lowest BCUT2D eigenvalue weighted by atomic mass is 10.2. The molecule has 0 aliphatic carbocycles. The van der Waals surface area contributed by atoms with E-state index in [1.165, 1.54) is 0 Å². The van der Waals surface area contributed by atoms with Crippen LogP contribution in [0, 0.1) is 0 Å². The third kappa shape index (κ3) is 3.33. The molecule has 0 saturated heterocycles. The number of benzene rings is 2. The molecule has 0 heterocycles. The Kier molecular flexibility index (Phi) is 4.69. The number of nitrogens with two attached hydrogens (primary N) is 1. The number of sulfonamides is 1. The molecule has 0 unspecified atom stereocenters. The predicted molar refractivity (Wildman–Crippen MR) is 83.4 cm³/mol. The van der Waals surface area contributed by atoms with E-state index in [2.05, 4.69) is 4.72 Å². The molecule has 0 spiro atoms. The minimum atomic E-state index is -3.62. The van der Waals surface area contributed by atoms with Crippen molar-refractivity contribution in [2.45, 2.75) is 16.3 Å². The summed E-state index contributed by atoms with van der Waals surface area (Å²) in [5, 5.41) is 0. The molecule has 0 aliphatic heterocycles. The molecule has 106 valence electrons. The Hall–Kier alpha value is -1.50. The molecule has 2 rings (SSSR count). The topological polar surface area (TPSA) is 72.2 Å². The predicted octanol–water partition coefficient (Wildman–Crippen LogP) is 2.67. The zero-order chi connectivity index (χ0) is 14.6. The zero-order valence-electron chi connectivity index (χ0n) is 11.0. The first kappa shape index (κ1) is 14.9. The number of nitrogens with one attached hydrogen (secondary N) is 1. The Morgan fingerprint density at radius 1 is 1.15 bits per heavy atom. The molecule has 0 bridgehead atoms. The second kappa shape index (κ2) is 6.30. The van der Waals surface area contributed by atoms with Crippen molar-refractivity contribution in [2.75, 3.05) is 11.0 Å². The van der Waals surface area contributed by atoms with Gasteiger partial charge < -0.3 is 5.73 Å². The molecule has 0 atom stereocenters. The average molecular weight is 308 g/mol. The van der Waals surface area contributed by atoms with Gasteiger partial charge in [-0.1, -0.05) is 24.3 Å². The van der Waals surface area contributed by atoms with Gasteiger partial charge in [-0.3, -0.25) is 4.72 Å². The van der Waals surface area contributed by atoms with Crippen LogP contribution in [0.3, 0.4) is 0 Å². The highest BCUT2D eigenvalue weighted by Crippen LogP contribution is 2.23. The lowest BCUT2D eigenvalue weighted by Crippen LogP contribution is -2.16. The Bertz CT molecular complexity index is 700. The van der Waals surface area contributed by atoms with Crippen molar-refractivity contribution in [1.29, 1.82) is 0 Å². The maximum atomic E-state index is 12.4. The molecule has 0 amide bonds. The van der Waals surface area contributed by atoms with Crippen molar-refractivity contribution in [3.63, 3.8) is 0 Å². The lowest BCUT2D eigenvalue weighted by Gasteiger charge is -2.11. The second-order valence-electron chi connectivity index (χ2n) is 4.15. The van der Waals surface area contributed by atoms with Crippen molar-refractivity contribution in [3.05, 3.63) is 54.1 Å². The van der Waals surface area contributed by atoms with Crippen LogP contribution < -0.4 is 10.5 Å². The first-order valence-corrected chi connectivity index (χ1v) is 8.72. The van der Waals surface area contributed by atoms with Crippen LogP contribution in [0.5, 0.6) is 0 Å². The van der Waals surface area contributed by atoms with E-state index < -0.39 is 10.0 Å². The summed E-state index contributed by atoms with van der Waals surface area (Å²) in [7, 11) is -3.62. The minimum Gasteiger partial charge on any atom is -0.326 e. The molecule has 0 aliphatic rings. The monoisotopic (exact) mass is 308 g/mol. The molecule has 20 heavy (non-hydrogen) atoms. The van der Waals surface area contributed by atoms with Gasteiger partial charge in [-0.2, -0.15) is 0 Å². The molecular formula is C14H16N2O2S2. The summed E-state index contributed by atoms with van der Waals surface area (Å²) in [6.45, 7) is 0.182. The molecule has 6 heteroatoms. The fraction of sp³-hybridized carbons (Fsp3) is 0.143. The summed E-state index contributed by atoms with van der Waals surface area (Å²) in [5.41, 5.74) is 6.73. The van der Waals surface area contributed by atoms with E-state index in [9.17, 15) is 8.42 Å². The molecule has 0 fully saturated rings. The molecule has 3 N–H and O–H groups in total. The molecule has 2 aromatic rings. The quantitative estimate of drug-likeness (QED) is 0.833. The summed E-state index contributed by atoms with van der Waals surface area (Å²) >= 11 is 1.56. The summed E-state index contributed by atoms with van der Waals surface area (Å²) in [4.78, 5) is 1.22. The van der Waals surface area contributed by atoms with Gasteiger partial charge in [0.15, 0.2) is 0 Å². The van der Waals surface area contributed by atoms with E-state index >= 15 is 0 Å². The first-order valence-electron chi connectivity index (χ1n) is 6.01. The van der Waals surface area contributed by atoms with E-state index in [1.807, 2.05) is 18.4 Å². The summed E-state index contributed by atoms with van der Waals surface area (Å²) in [6, 6.07) is 14.0. The fourth-order valence-electron chi connectivity index (χ4n) is 1.83. The molecule has 0 saturated carbocycles. The smallest absolute Gasteiger partial charge is 0.262 e. The fourth-order valence-corrected chi connectivity index (χ4v) is 3.59. The first-order chi connectivity index (χ1) is 9.56. The highest BCUT2D eigenvalue weighted by Gasteiger charge is 2.17. The van der Waals surface area contributed by atoms with Gasteiger partial charge >= 0.3 is 0 Å². The van der Waals surface area contributed by atoms with Crippen LogP contribution in [0.15, 0.2) is 58.3 Å². The molecule has 0 radical (unpaired) electrons. The number of hydrogen-bond donors (Lipinski definition) is 2. The average Bonchev–Trinajstić information content (AvgIpc) is 2.47. The maximum absolute atomic E-state index is 12.4. The summed E-state index contributed by atoms with van der Waals surface area (Å²) in [5.74, 6) is 0. The van der Waals surface area contributed by atoms with Crippen LogP contribution in [-0.4, -0.2) is 14.7 Å². The van der Waals surface area contributed by atoms with E-state index in [1.54, 1.807) is 48.2 Å². The van der Waals surface area contributed by atoms with Crippen molar-refractivity contribution >= 4 is 27.5 Å². The number of anilines is 1. The second-order valence-corrected chi connectivity index (χ2v) is 6.68. The highest BCUT2D eigenvalue weighted by molar-refractivity contribution is 7.98. The van der Waals surface area contributed by atoms with E-state index in [-0.39, 0.29) is 11.4 Å². The van der Waals surface area contributed by atoms with Crippen LogP contribution in [-0.2, 0) is 16.6 Å². The third-order valence-electron chi connectivity index (χ3n) is 2.80. The number of rotatable bonds is 5. The van der Waals surface area contributed by atoms with Crippen molar-refractivity contribution < 1.29 is 8.42 Å². The number of hydrogen-bond acceptors (Lipinski definition) is 4. The Morgan fingerprint density at radius 3 is 2.60 bits per heavy atom. The van der Waals surface area contributed by atoms with Crippen molar-refractivity contribution in [1.82, 2.24) is 0 Å². The van der Waals surface area contributed by atoms with Crippen LogP contribution in [0.1, 0.15) is 5.56 Å². The van der Waals surface area contributed by atoms with Gasteiger partial charge in [0.2, 0.25) is 0 Å². The summed E-state index contributed by atoms with van der Waals surface area (Å²) < 4.78 is 27.4. The van der Waals surface area contributed by atoms with Crippen LogP contribution >= 0.6 is 11.8 Å². The Balaban J connectivity index is 2.35. The van der Waals surface area contributed by atoms with E-state index in [0.717, 1.165) is 4.90 Å². The van der Waals surface area contributed by atoms with Crippen LogP contribution in [0.2, 0.25) is 0 Å². The maximum Gasteiger partial charge on any atom is 0.262 e. The van der Waals surface area contributed by atoms with Crippen LogP contribution in [0.4, 0.5) is 5.69 Å². The normalized spacial score (nSPS) is 11.3. The van der Waals surface area contributed by atoms with Gasteiger partial charge in [-0.25, -0.2) is 8.42 Å². The SMILES string of the molecule is CSc1cccc(NS(=O)(=O)c2ccccc2CN)c1. The van der Waals surface area contributed by atoms with Crippen LogP contribution in [0.25, 0.3) is 0 Å². The largest absolute Gasteiger partial charge is 0.326 e. The standard InChI is InChI=1S/C14H16N2O2S2/c1-19-13-7-4-6-12(9-13)16-20(17,18)14-8-3-2-5-11(14)10-15/h2-9,16H,10,15H2,1H3. The third-order valence-corrected chi connectivity index (χ3v) is 5.01. The highest BCUT2D eigenvalue weighted by atomic mass is 32.2. The molecular weight excluding hydrogens is 292 g/mol. The Morgan fingerprint density at radius 2 is 1.90 bits per heavy atom. The van der Waals surface area contributed by atoms with Gasteiger partial charge in [0.05, 0.1) is 4.90 Å². The number of thioether (sulfide) groups is 1. The minimum absolute atomic E-state index is 0.182. The molecule has 2 aromatic carbocycles. The summed E-state index contributed by atoms with van der Waals surface area (Å²) in [6.07, 6.45) is 1.94. The molecule has 4 nitrogen and oxygen atoms in total. The lowest BCUT2D eigenvalue weighted by molar-refractivity contribution is 0.600. The van der Waals surface area contributed by atoms with Gasteiger partial charge in [0, 0.05) is 17.1 Å². The van der Waals surface area contributed by atoms with Gasteiger partial charge in [-0.15, -0.1) is 11.8 Å². The Labute approximate surface area is 123 Å². The van der Waals surface area contributed by atoms with E-state index in [4.69, 9.17) is 5.73 Å². The molecule has 0 aromatic heterocycles. The zero-order valence-corrected chi connectivity index (χ0v) is 12.7. The van der Waals surface area contributed by atoms with E-state index in [0.29, 0.717) is 11.3 Å². The van der Waals surface area contributed by atoms with Gasteiger partial charge in [0.25, 0.3) is 10.0 Å². The van der Waals surface area contributed by atoms with Gasteiger partial charge in [0.1, 0.15) is 0 Å². The van der Waals surface area contributed by atoms with Crippen molar-refractivity contribution in [3.8, 4) is 0 Å². The van der Waals surface area contributed by atoms with Gasteiger partial charge in [-0.05, 0) is 36.1 Å².